The van der Waals surface area contributed by atoms with Gasteiger partial charge in [0, 0.05) is 6.54 Å². The third-order valence-electron chi connectivity index (χ3n) is 4.86. The first-order valence-electron chi connectivity index (χ1n) is 9.86. The van der Waals surface area contributed by atoms with Gasteiger partial charge in [-0.2, -0.15) is 0 Å². The third-order valence-corrected chi connectivity index (χ3v) is 6.63. The van der Waals surface area contributed by atoms with Crippen molar-refractivity contribution in [2.45, 2.75) is 25.3 Å². The summed E-state index contributed by atoms with van der Waals surface area (Å²) < 4.78 is 33.3. The predicted molar refractivity (Wildman–Crippen MR) is 122 cm³/mol. The Morgan fingerprint density at radius 2 is 1.48 bits per heavy atom. The molecule has 0 saturated carbocycles. The summed E-state index contributed by atoms with van der Waals surface area (Å²) in [5, 5.41) is 2.80. The second kappa shape index (κ2) is 9.66. The number of aryl methyl sites for hydroxylation is 2. The molecule has 0 radical (unpaired) electrons. The Hall–Kier alpha value is -3.32. The molecule has 0 aliphatic heterocycles. The van der Waals surface area contributed by atoms with Crippen molar-refractivity contribution in [2.75, 3.05) is 18.0 Å². The summed E-state index contributed by atoms with van der Waals surface area (Å²) in [4.78, 5) is 12.8. The van der Waals surface area contributed by atoms with E-state index in [9.17, 15) is 13.2 Å². The smallest absolute Gasteiger partial charge is 0.264 e. The van der Waals surface area contributed by atoms with Crippen LogP contribution in [0.1, 0.15) is 16.7 Å². The van der Waals surface area contributed by atoms with Gasteiger partial charge >= 0.3 is 0 Å². The van der Waals surface area contributed by atoms with Crippen molar-refractivity contribution in [2.24, 2.45) is 0 Å². The first-order valence-corrected chi connectivity index (χ1v) is 11.3. The van der Waals surface area contributed by atoms with Crippen LogP contribution < -0.4 is 14.4 Å². The van der Waals surface area contributed by atoms with Crippen LogP contribution >= 0.6 is 0 Å². The van der Waals surface area contributed by atoms with E-state index in [0.29, 0.717) is 18.0 Å². The van der Waals surface area contributed by atoms with Crippen molar-refractivity contribution in [3.05, 3.63) is 89.5 Å². The Morgan fingerprint density at radius 1 is 0.903 bits per heavy atom. The fourth-order valence-electron chi connectivity index (χ4n) is 3.07. The molecule has 0 atom stereocenters. The van der Waals surface area contributed by atoms with Crippen LogP contribution in [0.4, 0.5) is 5.69 Å². The number of nitrogens with one attached hydrogen (secondary N) is 1. The lowest BCUT2D eigenvalue weighted by atomic mass is 10.1. The predicted octanol–water partition coefficient (Wildman–Crippen LogP) is 3.82. The number of nitrogens with zero attached hydrogens (tertiary/aromatic N) is 1. The molecule has 3 rings (SSSR count). The zero-order valence-corrected chi connectivity index (χ0v) is 18.6. The minimum absolute atomic E-state index is 0.107. The van der Waals surface area contributed by atoms with Gasteiger partial charge in [-0.25, -0.2) is 8.42 Å². The van der Waals surface area contributed by atoms with Gasteiger partial charge in [-0.3, -0.25) is 9.10 Å². The van der Waals surface area contributed by atoms with E-state index in [0.717, 1.165) is 21.0 Å². The Kier molecular flexibility index (Phi) is 6.97. The standard InChI is InChI=1S/C24H26N2O4S/c1-18-8-12-20(13-9-18)16-25-24(27)17-26(22-6-4-5-7-23(22)30-3)31(28,29)21-14-10-19(2)11-15-21/h4-15H,16-17H2,1-3H3,(H,25,27). The van der Waals surface area contributed by atoms with E-state index >= 15 is 0 Å². The molecule has 31 heavy (non-hydrogen) atoms. The summed E-state index contributed by atoms with van der Waals surface area (Å²) >= 11 is 0. The van der Waals surface area contributed by atoms with Crippen LogP contribution in [-0.4, -0.2) is 28.0 Å². The second-order valence-corrected chi connectivity index (χ2v) is 9.12. The summed E-state index contributed by atoms with van der Waals surface area (Å²) in [5.41, 5.74) is 3.31. The molecule has 0 aliphatic carbocycles. The molecule has 6 nitrogen and oxygen atoms in total. The minimum Gasteiger partial charge on any atom is -0.495 e. The summed E-state index contributed by atoms with van der Waals surface area (Å²) in [7, 11) is -2.53. The maximum absolute atomic E-state index is 13.4. The molecular formula is C24H26N2O4S. The Morgan fingerprint density at radius 3 is 2.10 bits per heavy atom. The molecule has 0 saturated heterocycles. The van der Waals surface area contributed by atoms with Gasteiger partial charge in [-0.1, -0.05) is 59.7 Å². The average molecular weight is 439 g/mol. The largest absolute Gasteiger partial charge is 0.495 e. The maximum Gasteiger partial charge on any atom is 0.264 e. The molecule has 0 bridgehead atoms. The van der Waals surface area contributed by atoms with Crippen LogP contribution in [0.2, 0.25) is 0 Å². The van der Waals surface area contributed by atoms with Crippen LogP contribution in [0.5, 0.6) is 5.75 Å². The lowest BCUT2D eigenvalue weighted by Crippen LogP contribution is -2.40. The van der Waals surface area contributed by atoms with E-state index in [1.165, 1.54) is 19.2 Å². The second-order valence-electron chi connectivity index (χ2n) is 7.26. The van der Waals surface area contributed by atoms with E-state index in [1.54, 1.807) is 36.4 Å². The number of rotatable bonds is 8. The number of hydrogen-bond acceptors (Lipinski definition) is 4. The van der Waals surface area contributed by atoms with E-state index in [1.807, 2.05) is 38.1 Å². The highest BCUT2D eigenvalue weighted by atomic mass is 32.2. The zero-order chi connectivity index (χ0) is 22.4. The lowest BCUT2D eigenvalue weighted by Gasteiger charge is -2.25. The minimum atomic E-state index is -3.99. The fourth-order valence-corrected chi connectivity index (χ4v) is 4.50. The first kappa shape index (κ1) is 22.4. The van der Waals surface area contributed by atoms with Gasteiger partial charge in [0.1, 0.15) is 12.3 Å². The monoisotopic (exact) mass is 438 g/mol. The summed E-state index contributed by atoms with van der Waals surface area (Å²) in [6.07, 6.45) is 0. The van der Waals surface area contributed by atoms with Gasteiger partial charge < -0.3 is 10.1 Å². The molecule has 1 amide bonds. The van der Waals surface area contributed by atoms with E-state index in [4.69, 9.17) is 4.74 Å². The molecule has 3 aromatic rings. The van der Waals surface area contributed by atoms with E-state index in [2.05, 4.69) is 5.32 Å². The van der Waals surface area contributed by atoms with Crippen LogP contribution in [0.25, 0.3) is 0 Å². The van der Waals surface area contributed by atoms with Crippen LogP contribution in [0, 0.1) is 13.8 Å². The zero-order valence-electron chi connectivity index (χ0n) is 17.8. The number of methoxy groups -OCH3 is 1. The molecule has 7 heteroatoms. The van der Waals surface area contributed by atoms with E-state index < -0.39 is 15.9 Å². The van der Waals surface area contributed by atoms with Crippen molar-refractivity contribution in [3.8, 4) is 5.75 Å². The summed E-state index contributed by atoms with van der Waals surface area (Å²) in [5.74, 6) is -0.0494. The number of sulfonamides is 1. The van der Waals surface area contributed by atoms with Crippen molar-refractivity contribution in [1.82, 2.24) is 5.32 Å². The Balaban J connectivity index is 1.89. The van der Waals surface area contributed by atoms with Crippen molar-refractivity contribution in [1.29, 1.82) is 0 Å². The van der Waals surface area contributed by atoms with Gasteiger partial charge in [0.25, 0.3) is 10.0 Å². The molecular weight excluding hydrogens is 412 g/mol. The highest BCUT2D eigenvalue weighted by Crippen LogP contribution is 2.32. The molecule has 0 fully saturated rings. The lowest BCUT2D eigenvalue weighted by molar-refractivity contribution is -0.119. The van der Waals surface area contributed by atoms with Gasteiger partial charge in [0.05, 0.1) is 17.7 Å². The number of carbonyl (C=O) groups is 1. The molecule has 3 aromatic carbocycles. The molecule has 0 unspecified atom stereocenters. The molecule has 0 aromatic heterocycles. The highest BCUT2D eigenvalue weighted by molar-refractivity contribution is 7.92. The van der Waals surface area contributed by atoms with Gasteiger partial charge in [-0.05, 0) is 43.7 Å². The van der Waals surface area contributed by atoms with Gasteiger partial charge in [0.2, 0.25) is 5.91 Å². The number of para-hydroxylation sites is 2. The topological polar surface area (TPSA) is 75.7 Å². The number of hydrogen-bond donors (Lipinski definition) is 1. The normalized spacial score (nSPS) is 11.1. The van der Waals surface area contributed by atoms with Gasteiger partial charge in [-0.15, -0.1) is 0 Å². The number of ether oxygens (including phenoxy) is 1. The number of anilines is 1. The third kappa shape index (κ3) is 5.44. The fraction of sp³-hybridized carbons (Fsp3) is 0.208. The summed E-state index contributed by atoms with van der Waals surface area (Å²) in [6.45, 7) is 3.81. The average Bonchev–Trinajstić information content (AvgIpc) is 2.77. The number of amides is 1. The van der Waals surface area contributed by atoms with E-state index in [-0.39, 0.29) is 11.4 Å². The summed E-state index contributed by atoms with van der Waals surface area (Å²) in [6, 6.07) is 21.1. The molecule has 1 N–H and O–H groups in total. The quantitative estimate of drug-likeness (QED) is 0.580. The molecule has 162 valence electrons. The Labute approximate surface area is 183 Å². The first-order chi connectivity index (χ1) is 14.8. The van der Waals surface area contributed by atoms with Crippen LogP contribution in [-0.2, 0) is 21.4 Å². The Bertz CT molecular complexity index is 1140. The van der Waals surface area contributed by atoms with Crippen molar-refractivity contribution >= 4 is 21.6 Å². The van der Waals surface area contributed by atoms with Crippen molar-refractivity contribution < 1.29 is 17.9 Å². The van der Waals surface area contributed by atoms with Crippen molar-refractivity contribution in [3.63, 3.8) is 0 Å². The number of carbonyl (C=O) groups excluding carboxylic acids is 1. The molecule has 0 spiro atoms. The van der Waals surface area contributed by atoms with Crippen LogP contribution in [0.3, 0.4) is 0 Å². The highest BCUT2D eigenvalue weighted by Gasteiger charge is 2.29. The SMILES string of the molecule is COc1ccccc1N(CC(=O)NCc1ccc(C)cc1)S(=O)(=O)c1ccc(C)cc1. The number of benzene rings is 3. The van der Waals surface area contributed by atoms with Crippen LogP contribution in [0.15, 0.2) is 77.7 Å². The maximum atomic E-state index is 13.4. The van der Waals surface area contributed by atoms with Gasteiger partial charge in [0.15, 0.2) is 0 Å². The molecule has 0 heterocycles. The molecule has 0 aliphatic rings.